The first-order valence-corrected chi connectivity index (χ1v) is 9.10. The number of methoxy groups -OCH3 is 3. The van der Waals surface area contributed by atoms with Crippen molar-refractivity contribution in [3.8, 4) is 17.2 Å². The van der Waals surface area contributed by atoms with Gasteiger partial charge in [0.25, 0.3) is 5.91 Å². The molecule has 1 aromatic heterocycles. The number of ether oxygens (including phenoxy) is 3. The van der Waals surface area contributed by atoms with Crippen LogP contribution in [0.5, 0.6) is 17.2 Å². The number of carbonyl (C=O) groups excluding carboxylic acids is 1. The topological polar surface area (TPSA) is 69.9 Å². The maximum absolute atomic E-state index is 13.1. The Morgan fingerprint density at radius 2 is 1.68 bits per heavy atom. The first-order chi connectivity index (χ1) is 14.7. The van der Waals surface area contributed by atoms with Gasteiger partial charge in [0.15, 0.2) is 5.76 Å². The number of amides is 1. The van der Waals surface area contributed by atoms with Gasteiger partial charge in [-0.05, 0) is 42.5 Å². The number of hydrogen-bond acceptors (Lipinski definition) is 5. The van der Waals surface area contributed by atoms with Gasteiger partial charge in [-0.3, -0.25) is 4.79 Å². The van der Waals surface area contributed by atoms with Gasteiger partial charge in [0.05, 0.1) is 26.9 Å². The molecule has 1 amide bonds. The first-order valence-electron chi connectivity index (χ1n) is 9.10. The third kappa shape index (κ3) is 5.30. The number of hydrogen-bond donors (Lipinski definition) is 1. The van der Waals surface area contributed by atoms with E-state index in [-0.39, 0.29) is 17.2 Å². The van der Waals surface area contributed by atoms with Crippen molar-refractivity contribution < 1.29 is 36.6 Å². The minimum Gasteiger partial charge on any atom is -0.497 e. The standard InChI is InChI=1S/C22H20F3NO5/c1-28-16-4-6-19(30-3)13(8-16)9-17-5-7-20(31-17)21(27)26-15-10-14(22(23,24)25)11-18(12-15)29-2/h4-8,10-12H,9H2,1-3H3,(H,26,27). The van der Waals surface area contributed by atoms with E-state index in [1.54, 1.807) is 31.4 Å². The summed E-state index contributed by atoms with van der Waals surface area (Å²) in [5, 5.41) is 2.41. The molecule has 0 spiro atoms. The fourth-order valence-electron chi connectivity index (χ4n) is 2.95. The van der Waals surface area contributed by atoms with Crippen molar-refractivity contribution in [2.75, 3.05) is 26.6 Å². The van der Waals surface area contributed by atoms with Crippen LogP contribution in [0.4, 0.5) is 18.9 Å². The molecule has 0 saturated heterocycles. The number of benzene rings is 2. The molecule has 31 heavy (non-hydrogen) atoms. The van der Waals surface area contributed by atoms with Crippen molar-refractivity contribution >= 4 is 11.6 Å². The highest BCUT2D eigenvalue weighted by Crippen LogP contribution is 2.34. The molecule has 0 bridgehead atoms. The van der Waals surface area contributed by atoms with Gasteiger partial charge in [-0.15, -0.1) is 0 Å². The van der Waals surface area contributed by atoms with E-state index >= 15 is 0 Å². The molecule has 0 aliphatic heterocycles. The van der Waals surface area contributed by atoms with E-state index in [2.05, 4.69) is 5.32 Å². The van der Waals surface area contributed by atoms with Crippen molar-refractivity contribution in [1.82, 2.24) is 0 Å². The fraction of sp³-hybridized carbons (Fsp3) is 0.227. The second-order valence-electron chi connectivity index (χ2n) is 6.52. The van der Waals surface area contributed by atoms with E-state index < -0.39 is 17.6 Å². The Bertz CT molecular complexity index is 1080. The molecule has 0 aliphatic rings. The van der Waals surface area contributed by atoms with Crippen molar-refractivity contribution in [1.29, 1.82) is 0 Å². The van der Waals surface area contributed by atoms with E-state index in [0.717, 1.165) is 17.7 Å². The molecule has 2 aromatic carbocycles. The Labute approximate surface area is 176 Å². The van der Waals surface area contributed by atoms with Crippen molar-refractivity contribution in [2.24, 2.45) is 0 Å². The molecule has 0 saturated carbocycles. The second-order valence-corrected chi connectivity index (χ2v) is 6.52. The number of nitrogens with one attached hydrogen (secondary N) is 1. The minimum atomic E-state index is -4.58. The Balaban J connectivity index is 1.79. The average molecular weight is 435 g/mol. The van der Waals surface area contributed by atoms with Crippen LogP contribution in [0.25, 0.3) is 0 Å². The predicted octanol–water partition coefficient (Wildman–Crippen LogP) is 5.17. The van der Waals surface area contributed by atoms with Crippen LogP contribution in [0.1, 0.15) is 27.4 Å². The van der Waals surface area contributed by atoms with E-state index in [4.69, 9.17) is 18.6 Å². The number of carbonyl (C=O) groups is 1. The lowest BCUT2D eigenvalue weighted by molar-refractivity contribution is -0.137. The van der Waals surface area contributed by atoms with Gasteiger partial charge in [0.2, 0.25) is 0 Å². The highest BCUT2D eigenvalue weighted by molar-refractivity contribution is 6.02. The largest absolute Gasteiger partial charge is 0.497 e. The summed E-state index contributed by atoms with van der Waals surface area (Å²) in [5.74, 6) is 0.963. The molecule has 1 heterocycles. The van der Waals surface area contributed by atoms with Crippen LogP contribution < -0.4 is 19.5 Å². The normalized spacial score (nSPS) is 11.2. The Hall–Kier alpha value is -3.62. The van der Waals surface area contributed by atoms with Gasteiger partial charge >= 0.3 is 6.18 Å². The molecule has 0 radical (unpaired) electrons. The van der Waals surface area contributed by atoms with Crippen LogP contribution in [0.3, 0.4) is 0 Å². The molecule has 6 nitrogen and oxygen atoms in total. The quantitative estimate of drug-likeness (QED) is 0.555. The summed E-state index contributed by atoms with van der Waals surface area (Å²) in [5.41, 5.74) is -0.220. The van der Waals surface area contributed by atoms with Crippen LogP contribution in [0.2, 0.25) is 0 Å². The molecule has 164 valence electrons. The van der Waals surface area contributed by atoms with Crippen LogP contribution in [-0.2, 0) is 12.6 Å². The molecule has 0 atom stereocenters. The van der Waals surface area contributed by atoms with E-state index in [9.17, 15) is 18.0 Å². The maximum Gasteiger partial charge on any atom is 0.416 e. The van der Waals surface area contributed by atoms with Gasteiger partial charge < -0.3 is 23.9 Å². The van der Waals surface area contributed by atoms with E-state index in [1.165, 1.54) is 26.4 Å². The highest BCUT2D eigenvalue weighted by Gasteiger charge is 2.31. The lowest BCUT2D eigenvalue weighted by Crippen LogP contribution is -2.13. The highest BCUT2D eigenvalue weighted by atomic mass is 19.4. The third-order valence-electron chi connectivity index (χ3n) is 4.47. The number of anilines is 1. The van der Waals surface area contributed by atoms with Gasteiger partial charge in [-0.25, -0.2) is 0 Å². The van der Waals surface area contributed by atoms with Crippen molar-refractivity contribution in [3.63, 3.8) is 0 Å². The summed E-state index contributed by atoms with van der Waals surface area (Å²) in [6, 6.07) is 11.3. The molecule has 9 heteroatoms. The third-order valence-corrected chi connectivity index (χ3v) is 4.47. The van der Waals surface area contributed by atoms with Gasteiger partial charge in [-0.1, -0.05) is 0 Å². The number of furan rings is 1. The van der Waals surface area contributed by atoms with Gasteiger partial charge in [0.1, 0.15) is 23.0 Å². The second kappa shape index (κ2) is 9.03. The summed E-state index contributed by atoms with van der Waals surface area (Å²) < 4.78 is 60.2. The molecule has 0 aliphatic carbocycles. The Kier molecular flexibility index (Phi) is 6.43. The lowest BCUT2D eigenvalue weighted by Gasteiger charge is -2.12. The van der Waals surface area contributed by atoms with Crippen molar-refractivity contribution in [3.05, 3.63) is 71.2 Å². The van der Waals surface area contributed by atoms with Crippen LogP contribution in [-0.4, -0.2) is 27.2 Å². The zero-order chi connectivity index (χ0) is 22.6. The molecule has 3 rings (SSSR count). The molecular formula is C22H20F3NO5. The molecule has 1 N–H and O–H groups in total. The van der Waals surface area contributed by atoms with Gasteiger partial charge in [0, 0.05) is 23.7 Å². The SMILES string of the molecule is COc1cc(NC(=O)c2ccc(Cc3cc(OC)ccc3OC)o2)cc(C(F)(F)F)c1. The average Bonchev–Trinajstić information content (AvgIpc) is 3.21. The van der Waals surface area contributed by atoms with Gasteiger partial charge in [-0.2, -0.15) is 13.2 Å². The monoisotopic (exact) mass is 435 g/mol. The zero-order valence-electron chi connectivity index (χ0n) is 17.0. The smallest absolute Gasteiger partial charge is 0.416 e. The van der Waals surface area contributed by atoms with E-state index in [0.29, 0.717) is 23.7 Å². The molecule has 0 unspecified atom stereocenters. The summed E-state index contributed by atoms with van der Waals surface area (Å²) in [6.45, 7) is 0. The molecule has 3 aromatic rings. The van der Waals surface area contributed by atoms with Crippen LogP contribution in [0.15, 0.2) is 52.9 Å². The van der Waals surface area contributed by atoms with E-state index in [1.807, 2.05) is 0 Å². The number of rotatable bonds is 7. The van der Waals surface area contributed by atoms with Crippen LogP contribution >= 0.6 is 0 Å². The summed E-state index contributed by atoms with van der Waals surface area (Å²) in [7, 11) is 4.33. The summed E-state index contributed by atoms with van der Waals surface area (Å²) in [6.07, 6.45) is -4.26. The number of halogens is 3. The lowest BCUT2D eigenvalue weighted by atomic mass is 10.1. The first kappa shape index (κ1) is 22.1. The number of alkyl halides is 3. The maximum atomic E-state index is 13.1. The summed E-state index contributed by atoms with van der Waals surface area (Å²) in [4.78, 5) is 12.5. The molecule has 0 fully saturated rings. The Morgan fingerprint density at radius 3 is 2.32 bits per heavy atom. The minimum absolute atomic E-state index is 0.0321. The summed E-state index contributed by atoms with van der Waals surface area (Å²) >= 11 is 0. The van der Waals surface area contributed by atoms with Crippen molar-refractivity contribution in [2.45, 2.75) is 12.6 Å². The zero-order valence-corrected chi connectivity index (χ0v) is 17.0. The fourth-order valence-corrected chi connectivity index (χ4v) is 2.95. The predicted molar refractivity (Wildman–Crippen MR) is 107 cm³/mol. The Morgan fingerprint density at radius 1 is 0.935 bits per heavy atom. The molecular weight excluding hydrogens is 415 g/mol. The van der Waals surface area contributed by atoms with Crippen LogP contribution in [0, 0.1) is 0 Å².